The van der Waals surface area contributed by atoms with Crippen LogP contribution in [0.4, 0.5) is 0 Å². The lowest BCUT2D eigenvalue weighted by molar-refractivity contribution is -0.112. The van der Waals surface area contributed by atoms with E-state index in [-0.39, 0.29) is 30.5 Å². The monoisotopic (exact) mass is 309 g/mol. The van der Waals surface area contributed by atoms with Crippen LogP contribution in [0.5, 0.6) is 0 Å². The standard InChI is InChI=1S/C6H15NO5.HI/c7-1-3(9)5(11)6(12)4(10)2-8;/h3-6,8-12H,1-2,7H2;1H/t3-,4-,5-,6-;/m0./s1. The molecule has 0 saturated carbocycles. The summed E-state index contributed by atoms with van der Waals surface area (Å²) >= 11 is 0. The molecule has 0 fully saturated rings. The highest BCUT2D eigenvalue weighted by Gasteiger charge is 2.28. The topological polar surface area (TPSA) is 127 Å². The van der Waals surface area contributed by atoms with Gasteiger partial charge in [0, 0.05) is 6.54 Å². The van der Waals surface area contributed by atoms with Gasteiger partial charge in [-0.25, -0.2) is 0 Å². The minimum absolute atomic E-state index is 0. The molecule has 0 bridgehead atoms. The Morgan fingerprint density at radius 3 is 1.62 bits per heavy atom. The molecule has 82 valence electrons. The van der Waals surface area contributed by atoms with Crippen molar-refractivity contribution < 1.29 is 25.5 Å². The molecule has 0 aliphatic carbocycles. The molecule has 6 nitrogen and oxygen atoms in total. The summed E-state index contributed by atoms with van der Waals surface area (Å²) in [6.45, 7) is -0.911. The van der Waals surface area contributed by atoms with Crippen LogP contribution in [0.15, 0.2) is 0 Å². The minimum Gasteiger partial charge on any atom is -0.394 e. The van der Waals surface area contributed by atoms with E-state index >= 15 is 0 Å². The van der Waals surface area contributed by atoms with E-state index in [2.05, 4.69) is 0 Å². The molecule has 7 heteroatoms. The minimum atomic E-state index is -1.59. The van der Waals surface area contributed by atoms with Gasteiger partial charge < -0.3 is 31.3 Å². The Balaban J connectivity index is 0. The van der Waals surface area contributed by atoms with Crippen molar-refractivity contribution >= 4 is 24.0 Å². The van der Waals surface area contributed by atoms with Crippen molar-refractivity contribution in [2.24, 2.45) is 5.73 Å². The molecule has 13 heavy (non-hydrogen) atoms. The molecule has 0 saturated heterocycles. The highest BCUT2D eigenvalue weighted by Crippen LogP contribution is 2.03. The number of halogens is 1. The van der Waals surface area contributed by atoms with Crippen LogP contribution in [0.2, 0.25) is 0 Å². The quantitative estimate of drug-likeness (QED) is 0.301. The summed E-state index contributed by atoms with van der Waals surface area (Å²) in [7, 11) is 0. The Hall–Kier alpha value is 0.490. The second kappa shape index (κ2) is 7.85. The summed E-state index contributed by atoms with van der Waals surface area (Å²) in [5, 5.41) is 44.2. The third-order valence-electron chi connectivity index (χ3n) is 1.57. The third-order valence-corrected chi connectivity index (χ3v) is 1.57. The van der Waals surface area contributed by atoms with Crippen molar-refractivity contribution in [3.8, 4) is 0 Å². The average molecular weight is 309 g/mol. The normalized spacial score (nSPS) is 19.8. The van der Waals surface area contributed by atoms with Crippen molar-refractivity contribution in [3.05, 3.63) is 0 Å². The molecular weight excluding hydrogens is 293 g/mol. The summed E-state index contributed by atoms with van der Waals surface area (Å²) in [6.07, 6.45) is -5.91. The van der Waals surface area contributed by atoms with E-state index in [1.54, 1.807) is 0 Å². The van der Waals surface area contributed by atoms with E-state index in [1.165, 1.54) is 0 Å². The summed E-state index contributed by atoms with van der Waals surface area (Å²) in [5.74, 6) is 0. The fourth-order valence-electron chi connectivity index (χ4n) is 0.703. The van der Waals surface area contributed by atoms with Crippen LogP contribution in [-0.4, -0.2) is 63.1 Å². The second-order valence-electron chi connectivity index (χ2n) is 2.53. The molecule has 4 atom stereocenters. The van der Waals surface area contributed by atoms with Gasteiger partial charge >= 0.3 is 0 Å². The predicted octanol–water partition coefficient (Wildman–Crippen LogP) is -3.00. The van der Waals surface area contributed by atoms with Gasteiger partial charge in [-0.15, -0.1) is 24.0 Å². The maximum atomic E-state index is 9.04. The lowest BCUT2D eigenvalue weighted by Gasteiger charge is -2.24. The lowest BCUT2D eigenvalue weighted by Crippen LogP contribution is -2.48. The van der Waals surface area contributed by atoms with Crippen molar-refractivity contribution in [3.63, 3.8) is 0 Å². The molecule has 0 radical (unpaired) electrons. The molecule has 0 aliphatic heterocycles. The van der Waals surface area contributed by atoms with Crippen LogP contribution >= 0.6 is 24.0 Å². The van der Waals surface area contributed by atoms with Crippen LogP contribution in [0, 0.1) is 0 Å². The van der Waals surface area contributed by atoms with Crippen molar-refractivity contribution in [2.45, 2.75) is 24.4 Å². The van der Waals surface area contributed by atoms with Gasteiger partial charge in [-0.1, -0.05) is 0 Å². The fraction of sp³-hybridized carbons (Fsp3) is 1.00. The Morgan fingerprint density at radius 2 is 1.31 bits per heavy atom. The summed E-state index contributed by atoms with van der Waals surface area (Å²) in [4.78, 5) is 0. The van der Waals surface area contributed by atoms with Crippen LogP contribution < -0.4 is 5.73 Å². The molecule has 0 spiro atoms. The summed E-state index contributed by atoms with van der Waals surface area (Å²) in [6, 6.07) is 0. The molecule has 0 heterocycles. The van der Waals surface area contributed by atoms with E-state index in [0.29, 0.717) is 0 Å². The average Bonchev–Trinajstić information content (AvgIpc) is 2.12. The predicted molar refractivity (Wildman–Crippen MR) is 55.6 cm³/mol. The Labute approximate surface area is 93.0 Å². The maximum absolute atomic E-state index is 9.04. The molecule has 0 aliphatic rings. The van der Waals surface area contributed by atoms with Crippen molar-refractivity contribution in [1.29, 1.82) is 0 Å². The zero-order valence-corrected chi connectivity index (χ0v) is 9.28. The first-order chi connectivity index (χ1) is 5.54. The number of hydrogen-bond acceptors (Lipinski definition) is 6. The Kier molecular flexibility index (Phi) is 9.63. The van der Waals surface area contributed by atoms with E-state index in [0.717, 1.165) is 0 Å². The first-order valence-electron chi connectivity index (χ1n) is 3.57. The number of nitrogens with two attached hydrogens (primary N) is 1. The van der Waals surface area contributed by atoms with Crippen LogP contribution in [0.3, 0.4) is 0 Å². The zero-order valence-electron chi connectivity index (χ0n) is 6.95. The highest BCUT2D eigenvalue weighted by molar-refractivity contribution is 14.0. The van der Waals surface area contributed by atoms with Crippen LogP contribution in [0.1, 0.15) is 0 Å². The number of hydrogen-bond donors (Lipinski definition) is 6. The molecule has 0 aromatic rings. The molecule has 0 amide bonds. The van der Waals surface area contributed by atoms with Gasteiger partial charge in [0.1, 0.15) is 18.3 Å². The molecular formula is C6H16INO5. The highest BCUT2D eigenvalue weighted by atomic mass is 127. The van der Waals surface area contributed by atoms with Gasteiger partial charge in [-0.2, -0.15) is 0 Å². The van der Waals surface area contributed by atoms with Gasteiger partial charge in [0.2, 0.25) is 0 Å². The van der Waals surface area contributed by atoms with E-state index in [1.807, 2.05) is 0 Å². The maximum Gasteiger partial charge on any atom is 0.111 e. The smallest absolute Gasteiger partial charge is 0.111 e. The van der Waals surface area contributed by atoms with Gasteiger partial charge in [-0.05, 0) is 0 Å². The largest absolute Gasteiger partial charge is 0.394 e. The van der Waals surface area contributed by atoms with E-state index in [4.69, 9.17) is 31.3 Å². The molecule has 0 aromatic heterocycles. The number of aliphatic hydroxyl groups excluding tert-OH is 5. The van der Waals surface area contributed by atoms with Gasteiger partial charge in [0.05, 0.1) is 12.7 Å². The summed E-state index contributed by atoms with van der Waals surface area (Å²) < 4.78 is 0. The van der Waals surface area contributed by atoms with E-state index < -0.39 is 31.0 Å². The molecule has 0 unspecified atom stereocenters. The van der Waals surface area contributed by atoms with Gasteiger partial charge in [0.25, 0.3) is 0 Å². The number of rotatable bonds is 5. The van der Waals surface area contributed by atoms with Crippen LogP contribution in [-0.2, 0) is 0 Å². The first-order valence-corrected chi connectivity index (χ1v) is 3.57. The second-order valence-corrected chi connectivity index (χ2v) is 2.53. The fourth-order valence-corrected chi connectivity index (χ4v) is 0.703. The first kappa shape index (κ1) is 15.9. The van der Waals surface area contributed by atoms with Gasteiger partial charge in [-0.3, -0.25) is 0 Å². The Morgan fingerprint density at radius 1 is 0.923 bits per heavy atom. The SMILES string of the molecule is I.NC[C@H](O)[C@H](O)[C@@H](O)[C@@H](O)CO. The van der Waals surface area contributed by atoms with Crippen LogP contribution in [0.25, 0.3) is 0 Å². The van der Waals surface area contributed by atoms with E-state index in [9.17, 15) is 0 Å². The van der Waals surface area contributed by atoms with Crippen molar-refractivity contribution in [2.75, 3.05) is 13.2 Å². The molecule has 0 rings (SSSR count). The summed E-state index contributed by atoms with van der Waals surface area (Å²) in [5.41, 5.74) is 4.99. The van der Waals surface area contributed by atoms with Gasteiger partial charge in [0.15, 0.2) is 0 Å². The Bertz CT molecular complexity index is 114. The lowest BCUT2D eigenvalue weighted by atomic mass is 10.0. The third kappa shape index (κ3) is 5.05. The zero-order chi connectivity index (χ0) is 9.72. The van der Waals surface area contributed by atoms with Crippen molar-refractivity contribution in [1.82, 2.24) is 0 Å². The molecule has 0 aromatic carbocycles. The molecule has 7 N–H and O–H groups in total. The number of aliphatic hydroxyl groups is 5.